The molecule has 3 atom stereocenters. The Kier molecular flexibility index (Phi) is 6.96. The summed E-state index contributed by atoms with van der Waals surface area (Å²) in [6, 6.07) is 0. The second-order valence-electron chi connectivity index (χ2n) is 9.33. The molecule has 2 aliphatic carbocycles. The molecule has 0 heterocycles. The number of quaternary nitrogens is 1. The van der Waals surface area contributed by atoms with Gasteiger partial charge in [-0.25, -0.2) is 4.79 Å². The van der Waals surface area contributed by atoms with E-state index in [2.05, 4.69) is 34.9 Å². The number of nitrogens with zero attached hydrogens (tertiary/aromatic N) is 1. The average Bonchev–Trinajstić information content (AvgIpc) is 2.69. The fourth-order valence-electron chi connectivity index (χ4n) is 4.55. The quantitative estimate of drug-likeness (QED) is 0.449. The molecule has 0 spiro atoms. The van der Waals surface area contributed by atoms with Gasteiger partial charge in [-0.1, -0.05) is 20.8 Å². The first-order valence-corrected chi connectivity index (χ1v) is 9.11. The fraction of sp³-hybridized carbons (Fsp3) is 0.947. The van der Waals surface area contributed by atoms with Gasteiger partial charge in [0.25, 0.3) is 0 Å². The molecular formula is C19H36BrNO3. The molecule has 2 aliphatic rings. The summed E-state index contributed by atoms with van der Waals surface area (Å²) >= 11 is 0. The van der Waals surface area contributed by atoms with Crippen LogP contribution in [-0.4, -0.2) is 56.5 Å². The number of ether oxygens (including phenoxy) is 2. The second kappa shape index (κ2) is 7.63. The highest BCUT2D eigenvalue weighted by Crippen LogP contribution is 2.66. The van der Waals surface area contributed by atoms with Gasteiger partial charge in [-0.15, -0.1) is 0 Å². The highest BCUT2D eigenvalue weighted by atomic mass is 79.9. The lowest BCUT2D eigenvalue weighted by molar-refractivity contribution is -0.883. The molecule has 5 heteroatoms. The van der Waals surface area contributed by atoms with Crippen molar-refractivity contribution in [3.63, 3.8) is 0 Å². The summed E-state index contributed by atoms with van der Waals surface area (Å²) in [6.45, 7) is 13.0. The fourth-order valence-corrected chi connectivity index (χ4v) is 4.55. The average molecular weight is 406 g/mol. The molecule has 2 saturated carbocycles. The van der Waals surface area contributed by atoms with Gasteiger partial charge in [-0.05, 0) is 49.9 Å². The van der Waals surface area contributed by atoms with E-state index in [1.807, 2.05) is 13.8 Å². The first kappa shape index (κ1) is 21.9. The molecule has 4 nitrogen and oxygen atoms in total. The van der Waals surface area contributed by atoms with Gasteiger partial charge in [-0.3, -0.25) is 0 Å². The van der Waals surface area contributed by atoms with Crippen LogP contribution in [0.2, 0.25) is 0 Å². The van der Waals surface area contributed by atoms with Crippen molar-refractivity contribution in [1.29, 1.82) is 0 Å². The highest BCUT2D eigenvalue weighted by molar-refractivity contribution is 5.70. The maximum absolute atomic E-state index is 11.9. The lowest BCUT2D eigenvalue weighted by atomic mass is 9.70. The molecule has 0 aromatic heterocycles. The van der Waals surface area contributed by atoms with E-state index in [4.69, 9.17) is 9.47 Å². The number of halogens is 1. The Morgan fingerprint density at radius 1 is 1.25 bits per heavy atom. The van der Waals surface area contributed by atoms with Gasteiger partial charge in [0.2, 0.25) is 0 Å². The Morgan fingerprint density at radius 3 is 2.33 bits per heavy atom. The lowest BCUT2D eigenvalue weighted by Crippen LogP contribution is -3.00. The van der Waals surface area contributed by atoms with E-state index in [9.17, 15) is 4.79 Å². The summed E-state index contributed by atoms with van der Waals surface area (Å²) < 4.78 is 12.2. The first-order chi connectivity index (χ1) is 10.5. The largest absolute Gasteiger partial charge is 1.00 e. The third-order valence-corrected chi connectivity index (χ3v) is 6.65. The number of likely N-dealkylation sites (N-methyl/N-ethyl adjacent to an activating group) is 1. The Labute approximate surface area is 158 Å². The topological polar surface area (TPSA) is 35.5 Å². The Balaban J connectivity index is 0.00000288. The normalized spacial score (nSPS) is 31.2. The predicted molar refractivity (Wildman–Crippen MR) is 92.0 cm³/mol. The molecular weight excluding hydrogens is 370 g/mol. The monoisotopic (exact) mass is 405 g/mol. The van der Waals surface area contributed by atoms with Crippen LogP contribution in [0.15, 0.2) is 0 Å². The van der Waals surface area contributed by atoms with Crippen molar-refractivity contribution in [2.45, 2.75) is 66.1 Å². The lowest BCUT2D eigenvalue weighted by Gasteiger charge is -2.39. The molecule has 3 unspecified atom stereocenters. The summed E-state index contributed by atoms with van der Waals surface area (Å²) in [7, 11) is 4.13. The Hall–Kier alpha value is -0.130. The van der Waals surface area contributed by atoms with Gasteiger partial charge >= 0.3 is 5.97 Å². The minimum Gasteiger partial charge on any atom is -1.00 e. The van der Waals surface area contributed by atoms with Crippen molar-refractivity contribution in [2.24, 2.45) is 16.7 Å². The molecule has 2 fully saturated rings. The molecule has 2 rings (SSSR count). The minimum absolute atomic E-state index is 0. The third-order valence-electron chi connectivity index (χ3n) is 6.65. The van der Waals surface area contributed by atoms with Gasteiger partial charge < -0.3 is 30.9 Å². The minimum atomic E-state index is -0.127. The molecule has 0 aliphatic heterocycles. The maximum atomic E-state index is 11.9. The van der Waals surface area contributed by atoms with E-state index < -0.39 is 0 Å². The third kappa shape index (κ3) is 4.34. The van der Waals surface area contributed by atoms with Gasteiger partial charge in [0.05, 0.1) is 32.9 Å². The molecule has 0 radical (unpaired) electrons. The van der Waals surface area contributed by atoms with Crippen molar-refractivity contribution in [3.8, 4) is 0 Å². The van der Waals surface area contributed by atoms with Gasteiger partial charge in [0.1, 0.15) is 6.54 Å². The van der Waals surface area contributed by atoms with Gasteiger partial charge in [0.15, 0.2) is 6.54 Å². The number of rotatable bonds is 7. The van der Waals surface area contributed by atoms with Crippen LogP contribution in [0.3, 0.4) is 0 Å². The first-order valence-electron chi connectivity index (χ1n) is 9.11. The smallest absolute Gasteiger partial charge is 0.362 e. The van der Waals surface area contributed by atoms with Crippen LogP contribution in [0.5, 0.6) is 0 Å². The standard InChI is InChI=1S/C19H36NO3.BrH/c1-14(2)23-17(21)13-20(6,7)10-11-22-16-12-15-8-9-19(16,5)18(15,3)4;/h14-16H,8-13H2,1-7H3;1H/q+1;/p-1. The van der Waals surface area contributed by atoms with Crippen LogP contribution in [0.1, 0.15) is 53.9 Å². The van der Waals surface area contributed by atoms with E-state index >= 15 is 0 Å². The van der Waals surface area contributed by atoms with Crippen molar-refractivity contribution in [1.82, 2.24) is 0 Å². The second-order valence-corrected chi connectivity index (χ2v) is 9.33. The van der Waals surface area contributed by atoms with E-state index in [0.717, 1.165) is 12.5 Å². The zero-order chi connectivity index (χ0) is 17.5. The van der Waals surface area contributed by atoms with Crippen LogP contribution >= 0.6 is 0 Å². The molecule has 0 aromatic rings. The SMILES string of the molecule is CC(C)OC(=O)C[N+](C)(C)CCOC1CC2CCC1(C)C2(C)C.[Br-]. The van der Waals surface area contributed by atoms with Gasteiger partial charge in [-0.2, -0.15) is 0 Å². The summed E-state index contributed by atoms with van der Waals surface area (Å²) in [4.78, 5) is 11.9. The molecule has 24 heavy (non-hydrogen) atoms. The predicted octanol–water partition coefficient (Wildman–Crippen LogP) is 0.250. The summed E-state index contributed by atoms with van der Waals surface area (Å²) in [5.41, 5.74) is 0.703. The van der Waals surface area contributed by atoms with E-state index in [1.54, 1.807) is 0 Å². The van der Waals surface area contributed by atoms with Gasteiger partial charge in [0, 0.05) is 0 Å². The molecule has 0 amide bonds. The van der Waals surface area contributed by atoms with E-state index in [0.29, 0.717) is 34.6 Å². The maximum Gasteiger partial charge on any atom is 0.362 e. The number of hydrogen-bond donors (Lipinski definition) is 0. The Morgan fingerprint density at radius 2 is 1.88 bits per heavy atom. The number of hydrogen-bond acceptors (Lipinski definition) is 3. The van der Waals surface area contributed by atoms with Crippen LogP contribution in [0.4, 0.5) is 0 Å². The summed E-state index contributed by atoms with van der Waals surface area (Å²) in [5.74, 6) is 0.680. The van der Waals surface area contributed by atoms with Crippen LogP contribution in [0.25, 0.3) is 0 Å². The number of fused-ring (bicyclic) bond motifs is 2. The van der Waals surface area contributed by atoms with E-state index in [-0.39, 0.29) is 29.1 Å². The van der Waals surface area contributed by atoms with Crippen molar-refractivity contribution in [2.75, 3.05) is 33.8 Å². The number of carbonyl (C=O) groups excluding carboxylic acids is 1. The van der Waals surface area contributed by atoms with Crippen LogP contribution < -0.4 is 17.0 Å². The number of carbonyl (C=O) groups is 1. The molecule has 0 saturated heterocycles. The van der Waals surface area contributed by atoms with Crippen LogP contribution in [-0.2, 0) is 14.3 Å². The zero-order valence-electron chi connectivity index (χ0n) is 16.5. The van der Waals surface area contributed by atoms with Crippen LogP contribution in [0, 0.1) is 16.7 Å². The molecule has 0 aromatic carbocycles. The number of esters is 1. The molecule has 2 bridgehead atoms. The zero-order valence-corrected chi connectivity index (χ0v) is 18.1. The van der Waals surface area contributed by atoms with Crippen molar-refractivity contribution in [3.05, 3.63) is 0 Å². The summed E-state index contributed by atoms with van der Waals surface area (Å²) in [5, 5.41) is 0. The summed E-state index contributed by atoms with van der Waals surface area (Å²) in [6.07, 6.45) is 4.17. The molecule has 142 valence electrons. The van der Waals surface area contributed by atoms with Crippen molar-refractivity contribution >= 4 is 5.97 Å². The molecule has 0 N–H and O–H groups in total. The van der Waals surface area contributed by atoms with Crippen molar-refractivity contribution < 1.29 is 35.7 Å². The Bertz CT molecular complexity index is 450. The highest BCUT2D eigenvalue weighted by Gasteiger charge is 2.61. The van der Waals surface area contributed by atoms with E-state index in [1.165, 1.54) is 19.3 Å².